The average molecular weight is 335 g/mol. The van der Waals surface area contributed by atoms with Gasteiger partial charge in [0.15, 0.2) is 0 Å². The van der Waals surface area contributed by atoms with Gasteiger partial charge >= 0.3 is 6.61 Å². The maximum absolute atomic E-state index is 13.1. The number of carbonyl (C=O) groups is 1. The summed E-state index contributed by atoms with van der Waals surface area (Å²) >= 11 is 0. The van der Waals surface area contributed by atoms with Gasteiger partial charge in [0.1, 0.15) is 22.9 Å². The molecule has 0 aliphatic heterocycles. The minimum Gasteiger partial charge on any atom is -0.455 e. The van der Waals surface area contributed by atoms with Crippen LogP contribution in [-0.2, 0) is 0 Å². The summed E-state index contributed by atoms with van der Waals surface area (Å²) in [6.45, 7) is -2.98. The molecule has 7 heteroatoms. The molecule has 0 bridgehead atoms. The van der Waals surface area contributed by atoms with E-state index in [9.17, 15) is 18.0 Å². The van der Waals surface area contributed by atoms with E-state index in [1.54, 1.807) is 0 Å². The average Bonchev–Trinajstić information content (AvgIpc) is 2.93. The third-order valence-electron chi connectivity index (χ3n) is 3.45. The van der Waals surface area contributed by atoms with E-state index in [0.717, 1.165) is 0 Å². The molecule has 1 aromatic heterocycles. The quantitative estimate of drug-likeness (QED) is 0.777. The summed E-state index contributed by atoms with van der Waals surface area (Å²) in [6, 6.07) is 9.48. The monoisotopic (exact) mass is 335 g/mol. The molecule has 4 nitrogen and oxygen atoms in total. The van der Waals surface area contributed by atoms with Crippen molar-refractivity contribution in [1.29, 1.82) is 0 Å². The Balaban J connectivity index is 2.21. The van der Waals surface area contributed by atoms with Crippen LogP contribution in [0.5, 0.6) is 5.75 Å². The second-order valence-electron chi connectivity index (χ2n) is 4.93. The molecule has 2 aromatic carbocycles. The van der Waals surface area contributed by atoms with Gasteiger partial charge in [0.25, 0.3) is 5.91 Å². The highest BCUT2D eigenvalue weighted by molar-refractivity contribution is 6.11. The molecule has 1 N–H and O–H groups in total. The number of benzene rings is 2. The molecule has 3 aromatic rings. The van der Waals surface area contributed by atoms with Crippen LogP contribution in [0.1, 0.15) is 10.4 Å². The van der Waals surface area contributed by atoms with Crippen LogP contribution in [0.2, 0.25) is 0 Å². The molecule has 0 saturated heterocycles. The summed E-state index contributed by atoms with van der Waals surface area (Å²) in [7, 11) is 1.44. The number of furan rings is 1. The molecule has 0 atom stereocenters. The van der Waals surface area contributed by atoms with E-state index in [0.29, 0.717) is 16.5 Å². The van der Waals surface area contributed by atoms with Crippen molar-refractivity contribution >= 4 is 16.9 Å². The largest absolute Gasteiger partial charge is 0.455 e. The van der Waals surface area contributed by atoms with E-state index >= 15 is 0 Å². The number of amides is 1. The van der Waals surface area contributed by atoms with Gasteiger partial charge in [0.05, 0.1) is 5.56 Å². The zero-order valence-electron chi connectivity index (χ0n) is 12.5. The van der Waals surface area contributed by atoms with Crippen molar-refractivity contribution < 1.29 is 27.1 Å². The van der Waals surface area contributed by atoms with Gasteiger partial charge in [-0.1, -0.05) is 0 Å². The van der Waals surface area contributed by atoms with Crippen molar-refractivity contribution in [3.8, 4) is 17.1 Å². The summed E-state index contributed by atoms with van der Waals surface area (Å²) in [6.07, 6.45) is 0. The van der Waals surface area contributed by atoms with Crippen molar-refractivity contribution in [2.45, 2.75) is 6.61 Å². The van der Waals surface area contributed by atoms with Crippen LogP contribution >= 0.6 is 0 Å². The van der Waals surface area contributed by atoms with E-state index in [1.807, 2.05) is 0 Å². The predicted octanol–water partition coefficient (Wildman–Crippen LogP) is 4.20. The summed E-state index contributed by atoms with van der Waals surface area (Å²) in [4.78, 5) is 12.2. The first-order valence-corrected chi connectivity index (χ1v) is 6.99. The van der Waals surface area contributed by atoms with E-state index in [1.165, 1.54) is 49.5 Å². The fourth-order valence-corrected chi connectivity index (χ4v) is 2.41. The maximum atomic E-state index is 13.1. The zero-order chi connectivity index (χ0) is 17.3. The number of alkyl halides is 2. The third-order valence-corrected chi connectivity index (χ3v) is 3.45. The van der Waals surface area contributed by atoms with E-state index in [2.05, 4.69) is 10.1 Å². The van der Waals surface area contributed by atoms with Gasteiger partial charge in [-0.25, -0.2) is 4.39 Å². The van der Waals surface area contributed by atoms with Crippen LogP contribution in [0.15, 0.2) is 46.9 Å². The lowest BCUT2D eigenvalue weighted by atomic mass is 10.0. The van der Waals surface area contributed by atoms with Gasteiger partial charge in [-0.15, -0.1) is 0 Å². The molecule has 24 heavy (non-hydrogen) atoms. The summed E-state index contributed by atoms with van der Waals surface area (Å²) < 4.78 is 47.9. The zero-order valence-corrected chi connectivity index (χ0v) is 12.5. The van der Waals surface area contributed by atoms with Crippen LogP contribution in [-0.4, -0.2) is 19.6 Å². The lowest BCUT2D eigenvalue weighted by molar-refractivity contribution is -0.0497. The first-order chi connectivity index (χ1) is 11.5. The topological polar surface area (TPSA) is 51.5 Å². The van der Waals surface area contributed by atoms with Crippen LogP contribution in [0.25, 0.3) is 22.3 Å². The number of nitrogens with one attached hydrogen (secondary N) is 1. The molecule has 124 valence electrons. The van der Waals surface area contributed by atoms with Crippen molar-refractivity contribution in [1.82, 2.24) is 5.32 Å². The minimum atomic E-state index is -2.98. The Labute approximate surface area is 134 Å². The number of hydrogen-bond acceptors (Lipinski definition) is 3. The Morgan fingerprint density at radius 3 is 2.50 bits per heavy atom. The lowest BCUT2D eigenvalue weighted by Crippen LogP contribution is -2.18. The highest BCUT2D eigenvalue weighted by Crippen LogP contribution is 2.35. The Kier molecular flexibility index (Phi) is 4.16. The summed E-state index contributed by atoms with van der Waals surface area (Å²) in [5, 5.41) is 2.81. The van der Waals surface area contributed by atoms with Crippen LogP contribution < -0.4 is 10.1 Å². The molecule has 0 saturated carbocycles. The normalized spacial score (nSPS) is 11.0. The van der Waals surface area contributed by atoms with Gasteiger partial charge in [0.2, 0.25) is 0 Å². The van der Waals surface area contributed by atoms with Crippen LogP contribution in [0.4, 0.5) is 13.2 Å². The van der Waals surface area contributed by atoms with Gasteiger partial charge in [0, 0.05) is 18.0 Å². The van der Waals surface area contributed by atoms with Crippen LogP contribution in [0, 0.1) is 5.82 Å². The molecule has 1 heterocycles. The Morgan fingerprint density at radius 1 is 1.17 bits per heavy atom. The number of carbonyl (C=O) groups excluding carboxylic acids is 1. The molecule has 0 fully saturated rings. The Hall–Kier alpha value is -2.96. The first kappa shape index (κ1) is 15.9. The van der Waals surface area contributed by atoms with Crippen molar-refractivity contribution in [2.24, 2.45) is 0 Å². The van der Waals surface area contributed by atoms with Crippen molar-refractivity contribution in [3.05, 3.63) is 53.8 Å². The molecule has 0 aliphatic rings. The highest BCUT2D eigenvalue weighted by atomic mass is 19.3. The molecule has 0 unspecified atom stereocenters. The van der Waals surface area contributed by atoms with E-state index in [4.69, 9.17) is 4.42 Å². The van der Waals surface area contributed by atoms with Crippen LogP contribution in [0.3, 0.4) is 0 Å². The lowest BCUT2D eigenvalue weighted by Gasteiger charge is -2.04. The molecule has 3 rings (SSSR count). The van der Waals surface area contributed by atoms with Gasteiger partial charge in [-0.2, -0.15) is 8.78 Å². The molecule has 0 spiro atoms. The van der Waals surface area contributed by atoms with E-state index < -0.39 is 18.3 Å². The van der Waals surface area contributed by atoms with Crippen molar-refractivity contribution in [2.75, 3.05) is 7.05 Å². The second kappa shape index (κ2) is 6.27. The fourth-order valence-electron chi connectivity index (χ4n) is 2.41. The predicted molar refractivity (Wildman–Crippen MR) is 81.6 cm³/mol. The Bertz CT molecular complexity index is 888. The number of hydrogen-bond donors (Lipinski definition) is 1. The molecule has 0 aliphatic carbocycles. The maximum Gasteiger partial charge on any atom is 0.387 e. The van der Waals surface area contributed by atoms with Crippen molar-refractivity contribution in [3.63, 3.8) is 0 Å². The summed E-state index contributed by atoms with van der Waals surface area (Å²) in [5.74, 6) is -0.751. The SMILES string of the molecule is CNC(=O)c1c(-c2ccc(F)cc2)oc2ccc(OC(F)F)cc12. The number of rotatable bonds is 4. The van der Waals surface area contributed by atoms with Gasteiger partial charge in [-0.3, -0.25) is 4.79 Å². The number of ether oxygens (including phenoxy) is 1. The molecule has 0 radical (unpaired) electrons. The van der Waals surface area contributed by atoms with Gasteiger partial charge in [-0.05, 0) is 42.5 Å². The minimum absolute atomic E-state index is 0.0888. The molecule has 1 amide bonds. The molecular weight excluding hydrogens is 323 g/mol. The number of fused-ring (bicyclic) bond motifs is 1. The van der Waals surface area contributed by atoms with E-state index in [-0.39, 0.29) is 17.1 Å². The highest BCUT2D eigenvalue weighted by Gasteiger charge is 2.22. The third kappa shape index (κ3) is 2.92. The molecular formula is C17H12F3NO3. The standard InChI is InChI=1S/C17H12F3NO3/c1-21-16(22)14-12-8-11(23-17(19)20)6-7-13(12)24-15(14)9-2-4-10(18)5-3-9/h2-8,17H,1H3,(H,21,22). The second-order valence-corrected chi connectivity index (χ2v) is 4.93. The van der Waals surface area contributed by atoms with Gasteiger partial charge < -0.3 is 14.5 Å². The summed E-state index contributed by atoms with van der Waals surface area (Å²) in [5.41, 5.74) is 0.982. The first-order valence-electron chi connectivity index (χ1n) is 6.99. The Morgan fingerprint density at radius 2 is 1.88 bits per heavy atom. The fraction of sp³-hybridized carbons (Fsp3) is 0.118. The smallest absolute Gasteiger partial charge is 0.387 e. The number of halogens is 3.